The van der Waals surface area contributed by atoms with Crippen molar-refractivity contribution >= 4 is 0 Å². The quantitative estimate of drug-likeness (QED) is 0.489. The smallest absolute Gasteiger partial charge is 0.0269 e. The fourth-order valence-corrected chi connectivity index (χ4v) is 1.72. The number of hydrogen-bond donors (Lipinski definition) is 0. The second kappa shape index (κ2) is 6.23. The van der Waals surface area contributed by atoms with Crippen LogP contribution >= 0.6 is 0 Å². The molecule has 0 aromatic heterocycles. The van der Waals surface area contributed by atoms with Gasteiger partial charge in [-0.05, 0) is 24.7 Å². The highest BCUT2D eigenvalue weighted by Crippen LogP contribution is 2.35. The minimum Gasteiger partial charge on any atom is -0.0999 e. The Hall–Kier alpha value is -0.260. The van der Waals surface area contributed by atoms with Crippen LogP contribution in [0.15, 0.2) is 12.2 Å². The molecule has 78 valence electrons. The Morgan fingerprint density at radius 1 is 1.23 bits per heavy atom. The van der Waals surface area contributed by atoms with Crippen molar-refractivity contribution in [1.29, 1.82) is 0 Å². The molecule has 0 aromatic carbocycles. The van der Waals surface area contributed by atoms with E-state index in [1.165, 1.54) is 37.7 Å². The van der Waals surface area contributed by atoms with Crippen molar-refractivity contribution in [2.24, 2.45) is 5.41 Å². The molecule has 0 amide bonds. The number of unbranched alkanes of at least 4 members (excludes halogenated alkanes) is 1. The summed E-state index contributed by atoms with van der Waals surface area (Å²) in [5, 5.41) is 0. The molecule has 0 fully saturated rings. The molecule has 0 aliphatic rings. The maximum atomic E-state index is 4.11. The number of hydrogen-bond acceptors (Lipinski definition) is 0. The zero-order chi connectivity index (χ0) is 10.3. The van der Waals surface area contributed by atoms with E-state index in [0.29, 0.717) is 5.41 Å². The predicted octanol–water partition coefficient (Wildman–Crippen LogP) is 4.95. The third-order valence-electron chi connectivity index (χ3n) is 3.16. The lowest BCUT2D eigenvalue weighted by atomic mass is 9.77. The third-order valence-corrected chi connectivity index (χ3v) is 3.16. The molecule has 0 radical (unpaired) electrons. The highest BCUT2D eigenvalue weighted by atomic mass is 14.3. The van der Waals surface area contributed by atoms with Crippen LogP contribution in [0.3, 0.4) is 0 Å². The maximum absolute atomic E-state index is 4.11. The molecule has 1 unspecified atom stereocenters. The van der Waals surface area contributed by atoms with Crippen molar-refractivity contribution in [3.63, 3.8) is 0 Å². The van der Waals surface area contributed by atoms with Gasteiger partial charge < -0.3 is 0 Å². The minimum absolute atomic E-state index is 0.517. The second-order valence-electron chi connectivity index (χ2n) is 4.55. The first-order valence-corrected chi connectivity index (χ1v) is 5.74. The predicted molar refractivity (Wildman–Crippen MR) is 62.0 cm³/mol. The molecule has 0 aliphatic heterocycles. The number of rotatable bonds is 7. The van der Waals surface area contributed by atoms with Crippen LogP contribution in [0.25, 0.3) is 0 Å². The molecule has 0 aromatic rings. The molecule has 0 heterocycles. The fraction of sp³-hybridized carbons (Fsp3) is 0.846. The van der Waals surface area contributed by atoms with Crippen LogP contribution in [0.2, 0.25) is 0 Å². The van der Waals surface area contributed by atoms with Gasteiger partial charge in [0.25, 0.3) is 0 Å². The molecule has 0 spiro atoms. The van der Waals surface area contributed by atoms with Crippen molar-refractivity contribution in [3.05, 3.63) is 12.2 Å². The van der Waals surface area contributed by atoms with Crippen LogP contribution < -0.4 is 0 Å². The molecule has 1 atom stereocenters. The van der Waals surface area contributed by atoms with Gasteiger partial charge in [0, 0.05) is 0 Å². The Kier molecular flexibility index (Phi) is 6.11. The summed E-state index contributed by atoms with van der Waals surface area (Å²) in [5.41, 5.74) is 1.93. The molecule has 0 rings (SSSR count). The number of allylic oxidation sites excluding steroid dienone is 1. The Balaban J connectivity index is 4.02. The van der Waals surface area contributed by atoms with Gasteiger partial charge in [0.05, 0.1) is 0 Å². The van der Waals surface area contributed by atoms with E-state index in [1.54, 1.807) is 0 Å². The lowest BCUT2D eigenvalue weighted by Gasteiger charge is -2.29. The topological polar surface area (TPSA) is 0 Å². The minimum atomic E-state index is 0.517. The average Bonchev–Trinajstić information content (AvgIpc) is 2.14. The zero-order valence-electron chi connectivity index (χ0n) is 9.95. The normalized spacial score (nSPS) is 15.4. The van der Waals surface area contributed by atoms with Gasteiger partial charge in [-0.15, -0.1) is 0 Å². The largest absolute Gasteiger partial charge is 0.0999 e. The molecule has 0 saturated heterocycles. The first-order chi connectivity index (χ1) is 6.08. The van der Waals surface area contributed by atoms with Gasteiger partial charge >= 0.3 is 0 Å². The highest BCUT2D eigenvalue weighted by Gasteiger charge is 2.21. The SMILES string of the molecule is C=C(CC)CC(C)(CC)CCCC. The summed E-state index contributed by atoms with van der Waals surface area (Å²) in [6.07, 6.45) is 7.68. The molecule has 0 bridgehead atoms. The van der Waals surface area contributed by atoms with E-state index in [4.69, 9.17) is 0 Å². The Labute approximate surface area is 84.4 Å². The van der Waals surface area contributed by atoms with Gasteiger partial charge in [-0.25, -0.2) is 0 Å². The molecular formula is C13H26. The van der Waals surface area contributed by atoms with E-state index in [2.05, 4.69) is 34.3 Å². The summed E-state index contributed by atoms with van der Waals surface area (Å²) < 4.78 is 0. The van der Waals surface area contributed by atoms with Crippen molar-refractivity contribution in [1.82, 2.24) is 0 Å². The molecular weight excluding hydrogens is 156 g/mol. The third kappa shape index (κ3) is 5.13. The maximum Gasteiger partial charge on any atom is -0.0269 e. The van der Waals surface area contributed by atoms with Crippen molar-refractivity contribution in [2.45, 2.75) is 66.2 Å². The summed E-state index contributed by atoms with van der Waals surface area (Å²) in [4.78, 5) is 0. The Bertz CT molecular complexity index is 146. The van der Waals surface area contributed by atoms with E-state index in [9.17, 15) is 0 Å². The van der Waals surface area contributed by atoms with E-state index < -0.39 is 0 Å². The van der Waals surface area contributed by atoms with Gasteiger partial charge in [0.2, 0.25) is 0 Å². The summed E-state index contributed by atoms with van der Waals surface area (Å²) in [6, 6.07) is 0. The van der Waals surface area contributed by atoms with Gasteiger partial charge in [-0.3, -0.25) is 0 Å². The molecule has 13 heavy (non-hydrogen) atoms. The van der Waals surface area contributed by atoms with Gasteiger partial charge in [-0.2, -0.15) is 0 Å². The molecule has 0 N–H and O–H groups in total. The summed E-state index contributed by atoms with van der Waals surface area (Å²) in [7, 11) is 0. The molecule has 0 saturated carbocycles. The van der Waals surface area contributed by atoms with Crippen LogP contribution in [-0.2, 0) is 0 Å². The zero-order valence-corrected chi connectivity index (χ0v) is 9.95. The van der Waals surface area contributed by atoms with E-state index in [-0.39, 0.29) is 0 Å². The standard InChI is InChI=1S/C13H26/c1-6-9-10-13(5,8-3)11-12(4)7-2/h4,6-11H2,1-3,5H3. The van der Waals surface area contributed by atoms with Crippen LogP contribution in [0.1, 0.15) is 66.2 Å². The van der Waals surface area contributed by atoms with Crippen molar-refractivity contribution < 1.29 is 0 Å². The van der Waals surface area contributed by atoms with Crippen molar-refractivity contribution in [2.75, 3.05) is 0 Å². The molecule has 0 nitrogen and oxygen atoms in total. The first-order valence-electron chi connectivity index (χ1n) is 5.74. The summed E-state index contributed by atoms with van der Waals surface area (Å²) >= 11 is 0. The Morgan fingerprint density at radius 3 is 2.23 bits per heavy atom. The van der Waals surface area contributed by atoms with E-state index >= 15 is 0 Å². The highest BCUT2D eigenvalue weighted by molar-refractivity contribution is 4.98. The van der Waals surface area contributed by atoms with Crippen molar-refractivity contribution in [3.8, 4) is 0 Å². The average molecular weight is 182 g/mol. The van der Waals surface area contributed by atoms with Crippen LogP contribution in [0.5, 0.6) is 0 Å². The van der Waals surface area contributed by atoms with Crippen LogP contribution in [-0.4, -0.2) is 0 Å². The lowest BCUT2D eigenvalue weighted by molar-refractivity contribution is 0.271. The Morgan fingerprint density at radius 2 is 1.85 bits per heavy atom. The van der Waals surface area contributed by atoms with Gasteiger partial charge in [-0.1, -0.05) is 59.1 Å². The molecule has 0 aliphatic carbocycles. The monoisotopic (exact) mass is 182 g/mol. The fourth-order valence-electron chi connectivity index (χ4n) is 1.72. The molecule has 0 heteroatoms. The van der Waals surface area contributed by atoms with Crippen LogP contribution in [0.4, 0.5) is 0 Å². The summed E-state index contributed by atoms with van der Waals surface area (Å²) in [5.74, 6) is 0. The van der Waals surface area contributed by atoms with Gasteiger partial charge in [0.15, 0.2) is 0 Å². The van der Waals surface area contributed by atoms with Crippen LogP contribution in [0, 0.1) is 5.41 Å². The lowest BCUT2D eigenvalue weighted by Crippen LogP contribution is -2.15. The first kappa shape index (κ1) is 12.7. The summed E-state index contributed by atoms with van der Waals surface area (Å²) in [6.45, 7) is 13.3. The van der Waals surface area contributed by atoms with E-state index in [1.807, 2.05) is 0 Å². The van der Waals surface area contributed by atoms with E-state index in [0.717, 1.165) is 6.42 Å². The second-order valence-corrected chi connectivity index (χ2v) is 4.55. The van der Waals surface area contributed by atoms with Gasteiger partial charge in [0.1, 0.15) is 0 Å².